The lowest BCUT2D eigenvalue weighted by atomic mass is 10.0. The molecule has 10 heteroatoms. The Hall–Kier alpha value is -3.69. The van der Waals surface area contributed by atoms with Crippen LogP contribution in [0.2, 0.25) is 0 Å². The molecule has 0 aliphatic carbocycles. The predicted molar refractivity (Wildman–Crippen MR) is 103 cm³/mol. The normalized spacial score (nSPS) is 10.7. The highest BCUT2D eigenvalue weighted by molar-refractivity contribution is 6.07. The Bertz CT molecular complexity index is 1130. The van der Waals surface area contributed by atoms with Crippen LogP contribution in [0.4, 0.5) is 15.1 Å². The number of H-pyrrole nitrogens is 1. The van der Waals surface area contributed by atoms with Crippen LogP contribution in [-0.2, 0) is 7.05 Å². The van der Waals surface area contributed by atoms with E-state index in [1.807, 2.05) is 0 Å². The van der Waals surface area contributed by atoms with Crippen molar-refractivity contribution in [3.63, 3.8) is 0 Å². The first-order valence-electron chi connectivity index (χ1n) is 8.51. The first-order chi connectivity index (χ1) is 13.3. The van der Waals surface area contributed by atoms with Gasteiger partial charge in [0.1, 0.15) is 16.9 Å². The van der Waals surface area contributed by atoms with Gasteiger partial charge in [-0.05, 0) is 24.6 Å². The van der Waals surface area contributed by atoms with E-state index in [9.17, 15) is 14.4 Å². The molecule has 0 aliphatic heterocycles. The second-order valence-corrected chi connectivity index (χ2v) is 6.02. The van der Waals surface area contributed by atoms with Crippen LogP contribution in [-0.4, -0.2) is 40.1 Å². The Morgan fingerprint density at radius 1 is 1.32 bits per heavy atom. The quantitative estimate of drug-likeness (QED) is 0.544. The van der Waals surface area contributed by atoms with Crippen LogP contribution >= 0.6 is 0 Å². The number of hydrogen-bond acceptors (Lipinski definition) is 4. The summed E-state index contributed by atoms with van der Waals surface area (Å²) in [6.07, 6.45) is 1.51. The van der Waals surface area contributed by atoms with Crippen molar-refractivity contribution >= 4 is 28.9 Å². The van der Waals surface area contributed by atoms with Gasteiger partial charge in [-0.2, -0.15) is 0 Å². The molecule has 0 aliphatic rings. The molecule has 0 saturated heterocycles. The van der Waals surface area contributed by atoms with E-state index in [4.69, 9.17) is 0 Å². The molecule has 3 aromatic rings. The van der Waals surface area contributed by atoms with Gasteiger partial charge in [0, 0.05) is 38.5 Å². The van der Waals surface area contributed by atoms with E-state index in [2.05, 4.69) is 25.9 Å². The third-order valence-corrected chi connectivity index (χ3v) is 4.15. The summed E-state index contributed by atoms with van der Waals surface area (Å²) in [6, 6.07) is 3.81. The Morgan fingerprint density at radius 3 is 2.71 bits per heavy atom. The number of pyridine rings is 1. The Labute approximate surface area is 159 Å². The van der Waals surface area contributed by atoms with E-state index < -0.39 is 17.8 Å². The number of aryl methyl sites for hydroxylation is 1. The lowest BCUT2D eigenvalue weighted by Gasteiger charge is -2.09. The standard InChI is InChI=1S/C18H19FN6O3/c1-4-21-18(28)24-17-22-11-8-10(9-5-6-25(3)12(26)7-9)14(19)13(15(11)23-17)16(27)20-2/h5-8H,4H2,1-3H3,(H,20,27)(H3,21,22,23,24,28). The highest BCUT2D eigenvalue weighted by Crippen LogP contribution is 2.31. The van der Waals surface area contributed by atoms with Gasteiger partial charge in [-0.3, -0.25) is 14.9 Å². The van der Waals surface area contributed by atoms with Crippen LogP contribution in [0.1, 0.15) is 17.3 Å². The summed E-state index contributed by atoms with van der Waals surface area (Å²) < 4.78 is 16.6. The van der Waals surface area contributed by atoms with Crippen molar-refractivity contribution in [2.24, 2.45) is 7.05 Å². The average Bonchev–Trinajstić information content (AvgIpc) is 3.04. The molecule has 28 heavy (non-hydrogen) atoms. The molecule has 1 aromatic carbocycles. The zero-order chi connectivity index (χ0) is 20.4. The van der Waals surface area contributed by atoms with E-state index in [0.717, 1.165) is 0 Å². The maximum Gasteiger partial charge on any atom is 0.321 e. The minimum Gasteiger partial charge on any atom is -0.355 e. The second kappa shape index (κ2) is 7.51. The van der Waals surface area contributed by atoms with Gasteiger partial charge in [0.25, 0.3) is 11.5 Å². The summed E-state index contributed by atoms with van der Waals surface area (Å²) >= 11 is 0. The molecule has 0 radical (unpaired) electrons. The van der Waals surface area contributed by atoms with Crippen molar-refractivity contribution in [3.05, 3.63) is 46.1 Å². The first-order valence-corrected chi connectivity index (χ1v) is 8.51. The Balaban J connectivity index is 2.21. The van der Waals surface area contributed by atoms with Gasteiger partial charge in [0.05, 0.1) is 5.52 Å². The monoisotopic (exact) mass is 386 g/mol. The average molecular weight is 386 g/mol. The number of halogens is 1. The van der Waals surface area contributed by atoms with E-state index in [1.54, 1.807) is 20.0 Å². The molecule has 0 bridgehead atoms. The highest BCUT2D eigenvalue weighted by Gasteiger charge is 2.23. The molecule has 146 valence electrons. The fourth-order valence-corrected chi connectivity index (χ4v) is 2.76. The number of benzene rings is 1. The number of urea groups is 1. The van der Waals surface area contributed by atoms with Crippen LogP contribution in [0.5, 0.6) is 0 Å². The molecule has 2 aromatic heterocycles. The smallest absolute Gasteiger partial charge is 0.321 e. The van der Waals surface area contributed by atoms with Gasteiger partial charge in [0.2, 0.25) is 5.95 Å². The van der Waals surface area contributed by atoms with Crippen molar-refractivity contribution in [1.29, 1.82) is 0 Å². The van der Waals surface area contributed by atoms with Crippen LogP contribution in [0, 0.1) is 5.82 Å². The number of rotatable bonds is 4. The lowest BCUT2D eigenvalue weighted by Crippen LogP contribution is -2.28. The first kappa shape index (κ1) is 19.1. The molecular weight excluding hydrogens is 367 g/mol. The van der Waals surface area contributed by atoms with E-state index in [0.29, 0.717) is 17.6 Å². The summed E-state index contributed by atoms with van der Waals surface area (Å²) in [5, 5.41) is 7.42. The fraction of sp³-hybridized carbons (Fsp3) is 0.222. The number of carbonyl (C=O) groups excluding carboxylic acids is 2. The van der Waals surface area contributed by atoms with Gasteiger partial charge in [-0.25, -0.2) is 14.2 Å². The number of aromatic nitrogens is 3. The summed E-state index contributed by atoms with van der Waals surface area (Å²) in [5.74, 6) is -1.42. The lowest BCUT2D eigenvalue weighted by molar-refractivity contribution is 0.0961. The van der Waals surface area contributed by atoms with Gasteiger partial charge < -0.3 is 20.2 Å². The number of imidazole rings is 1. The summed E-state index contributed by atoms with van der Waals surface area (Å²) in [7, 11) is 2.95. The molecule has 2 heterocycles. The number of fused-ring (bicyclic) bond motifs is 1. The molecule has 3 amide bonds. The molecule has 0 saturated carbocycles. The number of aromatic amines is 1. The van der Waals surface area contributed by atoms with Crippen molar-refractivity contribution in [2.75, 3.05) is 18.9 Å². The fourth-order valence-electron chi connectivity index (χ4n) is 2.76. The molecule has 0 atom stereocenters. The molecule has 3 rings (SSSR count). The van der Waals surface area contributed by atoms with E-state index in [-0.39, 0.29) is 28.2 Å². The summed E-state index contributed by atoms with van der Waals surface area (Å²) in [6.45, 7) is 2.17. The molecule has 4 N–H and O–H groups in total. The van der Waals surface area contributed by atoms with Crippen molar-refractivity contribution in [3.8, 4) is 11.1 Å². The van der Waals surface area contributed by atoms with Crippen LogP contribution in [0.3, 0.4) is 0 Å². The number of amides is 3. The topological polar surface area (TPSA) is 121 Å². The summed E-state index contributed by atoms with van der Waals surface area (Å²) in [4.78, 5) is 43.0. The third-order valence-electron chi connectivity index (χ3n) is 4.15. The van der Waals surface area contributed by atoms with Crippen molar-refractivity contribution in [2.45, 2.75) is 6.92 Å². The van der Waals surface area contributed by atoms with Crippen molar-refractivity contribution < 1.29 is 14.0 Å². The third kappa shape index (κ3) is 3.43. The second-order valence-electron chi connectivity index (χ2n) is 6.02. The van der Waals surface area contributed by atoms with Gasteiger partial charge in [-0.15, -0.1) is 0 Å². The van der Waals surface area contributed by atoms with Crippen LogP contribution < -0.4 is 21.5 Å². The van der Waals surface area contributed by atoms with Crippen LogP contribution in [0.15, 0.2) is 29.2 Å². The Morgan fingerprint density at radius 2 is 2.07 bits per heavy atom. The number of nitrogens with zero attached hydrogens (tertiary/aromatic N) is 2. The van der Waals surface area contributed by atoms with Gasteiger partial charge in [-0.1, -0.05) is 0 Å². The summed E-state index contributed by atoms with van der Waals surface area (Å²) in [5.41, 5.74) is 0.189. The largest absolute Gasteiger partial charge is 0.355 e. The van der Waals surface area contributed by atoms with E-state index >= 15 is 4.39 Å². The minimum absolute atomic E-state index is 0.0617. The molecule has 0 unspecified atom stereocenters. The van der Waals surface area contributed by atoms with Crippen LogP contribution in [0.25, 0.3) is 22.2 Å². The van der Waals surface area contributed by atoms with Gasteiger partial charge >= 0.3 is 6.03 Å². The minimum atomic E-state index is -0.809. The maximum atomic E-state index is 15.2. The predicted octanol–water partition coefficient (Wildman–Crippen LogP) is 1.57. The number of nitrogens with one attached hydrogen (secondary N) is 4. The molecule has 0 spiro atoms. The highest BCUT2D eigenvalue weighted by atomic mass is 19.1. The molecule has 0 fully saturated rings. The number of hydrogen-bond donors (Lipinski definition) is 4. The zero-order valence-corrected chi connectivity index (χ0v) is 15.5. The Kier molecular flexibility index (Phi) is 5.12. The van der Waals surface area contributed by atoms with Crippen molar-refractivity contribution in [1.82, 2.24) is 25.2 Å². The molecule has 9 nitrogen and oxygen atoms in total. The maximum absolute atomic E-state index is 15.2. The SMILES string of the molecule is CCNC(=O)Nc1nc2c(C(=O)NC)c(F)c(-c3ccn(C)c(=O)c3)cc2[nH]1. The number of carbonyl (C=O) groups is 2. The van der Waals surface area contributed by atoms with E-state index in [1.165, 1.54) is 29.9 Å². The van der Waals surface area contributed by atoms with Gasteiger partial charge in [0.15, 0.2) is 0 Å². The molecular formula is C18H19FN6O3. The number of anilines is 1. The zero-order valence-electron chi connectivity index (χ0n) is 15.5.